The van der Waals surface area contributed by atoms with Gasteiger partial charge in [0.05, 0.1) is 17.6 Å². The zero-order chi connectivity index (χ0) is 19.2. The fourth-order valence-corrected chi connectivity index (χ4v) is 3.99. The number of carbonyl (C=O) groups excluding carboxylic acids is 1. The van der Waals surface area contributed by atoms with Crippen molar-refractivity contribution in [2.45, 2.75) is 38.1 Å². The smallest absolute Gasteiger partial charge is 0.321 e. The third-order valence-electron chi connectivity index (χ3n) is 4.65. The number of nitrogens with zero attached hydrogens (tertiary/aromatic N) is 2. The zero-order valence-corrected chi connectivity index (χ0v) is 15.5. The average Bonchev–Trinajstić information content (AvgIpc) is 3.09. The minimum atomic E-state index is -0.754. The second-order valence-electron chi connectivity index (χ2n) is 6.60. The summed E-state index contributed by atoms with van der Waals surface area (Å²) in [6.07, 6.45) is 4.94. The fourth-order valence-electron chi connectivity index (χ4n) is 3.15. The molecule has 1 aromatic heterocycles. The number of benzene rings is 1. The number of carbonyl (C=O) groups is 2. The van der Waals surface area contributed by atoms with E-state index in [1.54, 1.807) is 18.3 Å². The van der Waals surface area contributed by atoms with Crippen molar-refractivity contribution < 1.29 is 14.7 Å². The predicted octanol–water partition coefficient (Wildman–Crippen LogP) is 3.37. The molecule has 0 unspecified atom stereocenters. The number of aliphatic carboxylic acids is 1. The molecule has 0 saturated heterocycles. The molecule has 1 saturated carbocycles. The van der Waals surface area contributed by atoms with E-state index in [2.05, 4.69) is 21.7 Å². The van der Waals surface area contributed by atoms with E-state index in [9.17, 15) is 9.59 Å². The predicted molar refractivity (Wildman–Crippen MR) is 102 cm³/mol. The van der Waals surface area contributed by atoms with Crippen LogP contribution in [-0.4, -0.2) is 28.1 Å². The summed E-state index contributed by atoms with van der Waals surface area (Å²) in [4.78, 5) is 28.3. The quantitative estimate of drug-likeness (QED) is 0.731. The van der Waals surface area contributed by atoms with Gasteiger partial charge in [-0.2, -0.15) is 5.26 Å². The molecule has 1 fully saturated rings. The SMILES string of the molecule is N#Cc1ccc(Cc2cnc(NC(=O)NC3CCC(C(=O)O)CC3)s2)cc1. The van der Waals surface area contributed by atoms with Crippen LogP contribution in [0.15, 0.2) is 30.5 Å². The van der Waals surface area contributed by atoms with Gasteiger partial charge < -0.3 is 10.4 Å². The van der Waals surface area contributed by atoms with E-state index in [1.807, 2.05) is 12.1 Å². The molecule has 3 N–H and O–H groups in total. The van der Waals surface area contributed by atoms with Gasteiger partial charge in [-0.15, -0.1) is 11.3 Å². The van der Waals surface area contributed by atoms with Gasteiger partial charge in [0, 0.05) is 23.5 Å². The molecule has 1 heterocycles. The first-order chi connectivity index (χ1) is 13.0. The number of urea groups is 1. The Labute approximate surface area is 161 Å². The average molecular weight is 384 g/mol. The number of anilines is 1. The maximum Gasteiger partial charge on any atom is 0.321 e. The maximum atomic E-state index is 12.1. The number of hydrogen-bond donors (Lipinski definition) is 3. The first kappa shape index (κ1) is 18.9. The van der Waals surface area contributed by atoms with E-state index in [0.29, 0.717) is 42.8 Å². The van der Waals surface area contributed by atoms with Crippen LogP contribution in [-0.2, 0) is 11.2 Å². The van der Waals surface area contributed by atoms with E-state index in [4.69, 9.17) is 10.4 Å². The van der Waals surface area contributed by atoms with Crippen molar-refractivity contribution >= 4 is 28.5 Å². The second kappa shape index (κ2) is 8.64. The zero-order valence-electron chi connectivity index (χ0n) is 14.6. The highest BCUT2D eigenvalue weighted by Gasteiger charge is 2.26. The first-order valence-electron chi connectivity index (χ1n) is 8.77. The molecule has 27 heavy (non-hydrogen) atoms. The lowest BCUT2D eigenvalue weighted by Crippen LogP contribution is -2.40. The van der Waals surface area contributed by atoms with Gasteiger partial charge in [-0.1, -0.05) is 12.1 Å². The van der Waals surface area contributed by atoms with Gasteiger partial charge in [0.25, 0.3) is 0 Å². The molecular weight excluding hydrogens is 364 g/mol. The van der Waals surface area contributed by atoms with Crippen molar-refractivity contribution in [3.05, 3.63) is 46.5 Å². The lowest BCUT2D eigenvalue weighted by atomic mass is 9.86. The largest absolute Gasteiger partial charge is 0.481 e. The minimum absolute atomic E-state index is 0.00122. The number of carboxylic acids is 1. The third kappa shape index (κ3) is 5.28. The Morgan fingerprint density at radius 1 is 1.22 bits per heavy atom. The van der Waals surface area contributed by atoms with Gasteiger partial charge in [0.15, 0.2) is 5.13 Å². The standard InChI is InChI=1S/C19H20N4O3S/c20-10-13-3-1-12(2-4-13)9-16-11-21-19(27-16)23-18(26)22-15-7-5-14(6-8-15)17(24)25/h1-4,11,14-15H,5-9H2,(H,24,25)(H2,21,22,23,26). The van der Waals surface area contributed by atoms with Crippen molar-refractivity contribution in [2.24, 2.45) is 5.92 Å². The van der Waals surface area contributed by atoms with Gasteiger partial charge >= 0.3 is 12.0 Å². The molecule has 0 radical (unpaired) electrons. The Morgan fingerprint density at radius 2 is 1.93 bits per heavy atom. The lowest BCUT2D eigenvalue weighted by Gasteiger charge is -2.26. The minimum Gasteiger partial charge on any atom is -0.481 e. The highest BCUT2D eigenvalue weighted by molar-refractivity contribution is 7.15. The van der Waals surface area contributed by atoms with Crippen LogP contribution in [0.3, 0.4) is 0 Å². The van der Waals surface area contributed by atoms with Crippen LogP contribution in [0.25, 0.3) is 0 Å². The molecule has 1 aliphatic rings. The van der Waals surface area contributed by atoms with Crippen LogP contribution in [0, 0.1) is 17.2 Å². The Bertz CT molecular complexity index is 849. The van der Waals surface area contributed by atoms with E-state index in [0.717, 1.165) is 10.4 Å². The number of nitriles is 1. The molecule has 3 rings (SSSR count). The highest BCUT2D eigenvalue weighted by Crippen LogP contribution is 2.25. The number of carboxylic acid groups (broad SMARTS) is 1. The lowest BCUT2D eigenvalue weighted by molar-refractivity contribution is -0.142. The monoisotopic (exact) mass is 384 g/mol. The molecule has 2 aromatic rings. The fraction of sp³-hybridized carbons (Fsp3) is 0.368. The Morgan fingerprint density at radius 3 is 2.56 bits per heavy atom. The van der Waals surface area contributed by atoms with Crippen molar-refractivity contribution in [1.82, 2.24) is 10.3 Å². The van der Waals surface area contributed by atoms with E-state index >= 15 is 0 Å². The first-order valence-corrected chi connectivity index (χ1v) is 9.59. The summed E-state index contributed by atoms with van der Waals surface area (Å²) in [7, 11) is 0. The molecule has 2 amide bonds. The second-order valence-corrected chi connectivity index (χ2v) is 7.72. The van der Waals surface area contributed by atoms with Crippen LogP contribution >= 0.6 is 11.3 Å². The summed E-state index contributed by atoms with van der Waals surface area (Å²) < 4.78 is 0. The van der Waals surface area contributed by atoms with Gasteiger partial charge in [-0.05, 0) is 43.4 Å². The number of hydrogen-bond acceptors (Lipinski definition) is 5. The van der Waals surface area contributed by atoms with Gasteiger partial charge in [0.2, 0.25) is 0 Å². The molecule has 0 aliphatic heterocycles. The van der Waals surface area contributed by atoms with Crippen molar-refractivity contribution in [1.29, 1.82) is 5.26 Å². The molecule has 1 aromatic carbocycles. The third-order valence-corrected chi connectivity index (χ3v) is 5.56. The van der Waals surface area contributed by atoms with E-state index in [-0.39, 0.29) is 18.0 Å². The number of thiazole rings is 1. The van der Waals surface area contributed by atoms with E-state index in [1.165, 1.54) is 11.3 Å². The summed E-state index contributed by atoms with van der Waals surface area (Å²) in [6.45, 7) is 0. The molecule has 0 spiro atoms. The molecule has 140 valence electrons. The molecule has 0 atom stereocenters. The van der Waals surface area contributed by atoms with Crippen molar-refractivity contribution in [3.8, 4) is 6.07 Å². The Balaban J connectivity index is 1.48. The van der Waals surface area contributed by atoms with Crippen molar-refractivity contribution in [3.63, 3.8) is 0 Å². The van der Waals surface area contributed by atoms with Crippen LogP contribution in [0.5, 0.6) is 0 Å². The van der Waals surface area contributed by atoms with E-state index < -0.39 is 5.97 Å². The van der Waals surface area contributed by atoms with Crippen LogP contribution in [0.2, 0.25) is 0 Å². The highest BCUT2D eigenvalue weighted by atomic mass is 32.1. The van der Waals surface area contributed by atoms with Gasteiger partial charge in [-0.3, -0.25) is 10.1 Å². The molecule has 8 heteroatoms. The number of amides is 2. The van der Waals surface area contributed by atoms with Gasteiger partial charge in [0.1, 0.15) is 0 Å². The summed E-state index contributed by atoms with van der Waals surface area (Å²) in [5.74, 6) is -1.05. The van der Waals surface area contributed by atoms with Crippen LogP contribution in [0.4, 0.5) is 9.93 Å². The summed E-state index contributed by atoms with van der Waals surface area (Å²) in [5.41, 5.74) is 1.70. The normalized spacial score (nSPS) is 19.1. The maximum absolute atomic E-state index is 12.1. The van der Waals surface area contributed by atoms with Crippen LogP contribution < -0.4 is 10.6 Å². The molecular formula is C19H20N4O3S. The Kier molecular flexibility index (Phi) is 6.04. The van der Waals surface area contributed by atoms with Crippen LogP contribution in [0.1, 0.15) is 41.7 Å². The number of aromatic nitrogens is 1. The molecule has 7 nitrogen and oxygen atoms in total. The summed E-state index contributed by atoms with van der Waals surface area (Å²) >= 11 is 1.41. The molecule has 0 bridgehead atoms. The summed E-state index contributed by atoms with van der Waals surface area (Å²) in [6, 6.07) is 9.15. The topological polar surface area (TPSA) is 115 Å². The van der Waals surface area contributed by atoms with Crippen molar-refractivity contribution in [2.75, 3.05) is 5.32 Å². The number of nitrogens with one attached hydrogen (secondary N) is 2. The number of rotatable bonds is 5. The summed E-state index contributed by atoms with van der Waals surface area (Å²) in [5, 5.41) is 24.0. The molecule has 1 aliphatic carbocycles. The Hall–Kier alpha value is -2.92. The van der Waals surface area contributed by atoms with Gasteiger partial charge in [-0.25, -0.2) is 9.78 Å².